The maximum absolute atomic E-state index is 13.3. The van der Waals surface area contributed by atoms with Gasteiger partial charge in [0.05, 0.1) is 12.7 Å². The zero-order chi connectivity index (χ0) is 24.6. The van der Waals surface area contributed by atoms with Gasteiger partial charge in [0, 0.05) is 21.7 Å². The SMILES string of the molecule is CCc1ccc(N2C(=O)C(=O)/C(=C(\O)c3ccc(OC)c(C(C)(C)C)c3)C2c2cccs2)cc1. The van der Waals surface area contributed by atoms with Gasteiger partial charge in [-0.25, -0.2) is 0 Å². The van der Waals surface area contributed by atoms with E-state index in [1.165, 1.54) is 16.2 Å². The van der Waals surface area contributed by atoms with E-state index in [0.29, 0.717) is 17.0 Å². The van der Waals surface area contributed by atoms with Crippen LogP contribution in [0.1, 0.15) is 55.3 Å². The molecule has 1 amide bonds. The normalized spacial score (nSPS) is 17.9. The predicted molar refractivity (Wildman–Crippen MR) is 137 cm³/mol. The lowest BCUT2D eigenvalue weighted by atomic mass is 9.84. The van der Waals surface area contributed by atoms with Crippen molar-refractivity contribution in [3.05, 3.63) is 87.1 Å². The Morgan fingerprint density at radius 2 is 1.79 bits per heavy atom. The van der Waals surface area contributed by atoms with Gasteiger partial charge in [-0.2, -0.15) is 0 Å². The minimum absolute atomic E-state index is 0.0945. The number of carbonyl (C=O) groups is 2. The van der Waals surface area contributed by atoms with Crippen LogP contribution in [0.15, 0.2) is 65.6 Å². The molecule has 0 spiro atoms. The second-order valence-electron chi connectivity index (χ2n) is 9.37. The Morgan fingerprint density at radius 1 is 1.09 bits per heavy atom. The molecule has 6 heteroatoms. The number of benzene rings is 2. The third kappa shape index (κ3) is 4.14. The Morgan fingerprint density at radius 3 is 2.35 bits per heavy atom. The first-order valence-corrected chi connectivity index (χ1v) is 12.2. The summed E-state index contributed by atoms with van der Waals surface area (Å²) in [4.78, 5) is 28.9. The van der Waals surface area contributed by atoms with Crippen molar-refractivity contribution in [3.63, 3.8) is 0 Å². The summed E-state index contributed by atoms with van der Waals surface area (Å²) >= 11 is 1.45. The van der Waals surface area contributed by atoms with Gasteiger partial charge in [-0.05, 0) is 59.2 Å². The molecule has 4 rings (SSSR count). The summed E-state index contributed by atoms with van der Waals surface area (Å²) in [5, 5.41) is 13.3. The van der Waals surface area contributed by atoms with Gasteiger partial charge in [-0.3, -0.25) is 14.5 Å². The second-order valence-corrected chi connectivity index (χ2v) is 10.3. The Labute approximate surface area is 204 Å². The summed E-state index contributed by atoms with van der Waals surface area (Å²) in [7, 11) is 1.61. The monoisotopic (exact) mass is 475 g/mol. The molecule has 1 saturated heterocycles. The minimum atomic E-state index is -0.701. The molecule has 0 saturated carbocycles. The maximum Gasteiger partial charge on any atom is 0.300 e. The summed E-state index contributed by atoms with van der Waals surface area (Å²) in [6.45, 7) is 8.23. The van der Waals surface area contributed by atoms with Crippen molar-refractivity contribution in [1.82, 2.24) is 0 Å². The largest absolute Gasteiger partial charge is 0.507 e. The van der Waals surface area contributed by atoms with Gasteiger partial charge >= 0.3 is 0 Å². The van der Waals surface area contributed by atoms with Crippen molar-refractivity contribution >= 4 is 34.5 Å². The summed E-state index contributed by atoms with van der Waals surface area (Å²) in [6.07, 6.45) is 0.876. The van der Waals surface area contributed by atoms with Crippen LogP contribution in [-0.2, 0) is 21.4 Å². The van der Waals surface area contributed by atoms with Crippen molar-refractivity contribution in [3.8, 4) is 5.75 Å². The third-order valence-corrected chi connectivity index (χ3v) is 7.09. The number of amides is 1. The molecule has 0 radical (unpaired) electrons. The second kappa shape index (κ2) is 9.11. The van der Waals surface area contributed by atoms with Crippen LogP contribution in [0.5, 0.6) is 5.75 Å². The number of aryl methyl sites for hydroxylation is 1. The number of ketones is 1. The minimum Gasteiger partial charge on any atom is -0.507 e. The summed E-state index contributed by atoms with van der Waals surface area (Å²) in [5.41, 5.74) is 2.99. The van der Waals surface area contributed by atoms with Crippen LogP contribution in [0.25, 0.3) is 5.76 Å². The number of methoxy groups -OCH3 is 1. The predicted octanol–water partition coefficient (Wildman–Crippen LogP) is 6.24. The molecule has 1 unspecified atom stereocenters. The van der Waals surface area contributed by atoms with Crippen molar-refractivity contribution in [2.75, 3.05) is 12.0 Å². The van der Waals surface area contributed by atoms with Gasteiger partial charge in [0.1, 0.15) is 17.6 Å². The summed E-state index contributed by atoms with van der Waals surface area (Å²) in [6, 6.07) is 16.0. The molecule has 1 N–H and O–H groups in total. The van der Waals surface area contributed by atoms with Crippen LogP contribution in [-0.4, -0.2) is 23.9 Å². The molecule has 176 valence electrons. The zero-order valence-corrected chi connectivity index (χ0v) is 20.9. The number of hydrogen-bond donors (Lipinski definition) is 1. The molecule has 3 aromatic rings. The van der Waals surface area contributed by atoms with Gasteiger partial charge in [-0.1, -0.05) is 45.9 Å². The van der Waals surface area contributed by atoms with Crippen LogP contribution in [0.3, 0.4) is 0 Å². The van der Waals surface area contributed by atoms with E-state index in [0.717, 1.165) is 22.4 Å². The first kappa shape index (κ1) is 23.8. The lowest BCUT2D eigenvalue weighted by Gasteiger charge is -2.25. The number of rotatable bonds is 5. The first-order chi connectivity index (χ1) is 16.2. The molecular weight excluding hydrogens is 446 g/mol. The van der Waals surface area contributed by atoms with E-state index < -0.39 is 17.7 Å². The average Bonchev–Trinajstić information content (AvgIpc) is 3.44. The molecule has 0 aliphatic carbocycles. The van der Waals surface area contributed by atoms with Crippen LogP contribution < -0.4 is 9.64 Å². The molecule has 2 heterocycles. The highest BCUT2D eigenvalue weighted by molar-refractivity contribution is 7.10. The standard InChI is InChI=1S/C28H29NO4S/c1-6-17-9-12-19(13-10-17)29-24(22-8-7-15-34-22)23(26(31)27(29)32)25(30)18-11-14-21(33-5)20(16-18)28(2,3)4/h7-16,24,30H,6H2,1-5H3/b25-23-. The fourth-order valence-electron chi connectivity index (χ4n) is 4.30. The van der Waals surface area contributed by atoms with E-state index in [9.17, 15) is 14.7 Å². The third-order valence-electron chi connectivity index (χ3n) is 6.16. The van der Waals surface area contributed by atoms with Gasteiger partial charge in [0.15, 0.2) is 0 Å². The van der Waals surface area contributed by atoms with Crippen molar-refractivity contribution in [2.45, 2.75) is 45.6 Å². The molecule has 1 aliphatic rings. The topological polar surface area (TPSA) is 66.8 Å². The highest BCUT2D eigenvalue weighted by atomic mass is 32.1. The molecule has 1 aromatic heterocycles. The molecular formula is C28H29NO4S. The summed E-state index contributed by atoms with van der Waals surface area (Å²) < 4.78 is 5.52. The quantitative estimate of drug-likeness (QED) is 0.269. The number of thiophene rings is 1. The summed E-state index contributed by atoms with van der Waals surface area (Å²) in [5.74, 6) is -0.815. The van der Waals surface area contributed by atoms with Gasteiger partial charge in [0.25, 0.3) is 11.7 Å². The molecule has 34 heavy (non-hydrogen) atoms. The first-order valence-electron chi connectivity index (χ1n) is 11.3. The van der Waals surface area contributed by atoms with E-state index in [1.54, 1.807) is 19.2 Å². The fraction of sp³-hybridized carbons (Fsp3) is 0.286. The van der Waals surface area contributed by atoms with Gasteiger partial charge < -0.3 is 9.84 Å². The molecule has 0 bridgehead atoms. The number of nitrogens with zero attached hydrogens (tertiary/aromatic N) is 1. The number of ether oxygens (including phenoxy) is 1. The zero-order valence-electron chi connectivity index (χ0n) is 20.1. The maximum atomic E-state index is 13.3. The highest BCUT2D eigenvalue weighted by Gasteiger charge is 2.47. The molecule has 5 nitrogen and oxygen atoms in total. The number of aliphatic hydroxyl groups is 1. The molecule has 1 atom stereocenters. The van der Waals surface area contributed by atoms with Crippen molar-refractivity contribution in [1.29, 1.82) is 0 Å². The van der Waals surface area contributed by atoms with Crippen LogP contribution >= 0.6 is 11.3 Å². The van der Waals surface area contributed by atoms with Crippen LogP contribution in [0.2, 0.25) is 0 Å². The van der Waals surface area contributed by atoms with Crippen LogP contribution in [0, 0.1) is 0 Å². The number of anilines is 1. The van der Waals surface area contributed by atoms with E-state index in [2.05, 4.69) is 27.7 Å². The Balaban J connectivity index is 1.90. The van der Waals surface area contributed by atoms with Gasteiger partial charge in [-0.15, -0.1) is 11.3 Å². The van der Waals surface area contributed by atoms with E-state index in [4.69, 9.17) is 4.74 Å². The van der Waals surface area contributed by atoms with Crippen LogP contribution in [0.4, 0.5) is 5.69 Å². The fourth-order valence-corrected chi connectivity index (χ4v) is 5.13. The molecule has 2 aromatic carbocycles. The highest BCUT2D eigenvalue weighted by Crippen LogP contribution is 2.44. The Hall–Kier alpha value is -3.38. The van der Waals surface area contributed by atoms with E-state index in [-0.39, 0.29) is 16.7 Å². The van der Waals surface area contributed by atoms with E-state index in [1.807, 2.05) is 47.8 Å². The van der Waals surface area contributed by atoms with Crippen molar-refractivity contribution in [2.24, 2.45) is 0 Å². The number of Topliss-reactive ketones (excluding diaryl/α,β-unsaturated/α-hetero) is 1. The Kier molecular flexibility index (Phi) is 6.36. The smallest absolute Gasteiger partial charge is 0.300 e. The lowest BCUT2D eigenvalue weighted by Crippen LogP contribution is -2.29. The van der Waals surface area contributed by atoms with Crippen molar-refractivity contribution < 1.29 is 19.4 Å². The lowest BCUT2D eigenvalue weighted by molar-refractivity contribution is -0.132. The molecule has 1 aliphatic heterocycles. The number of aliphatic hydroxyl groups excluding tert-OH is 1. The average molecular weight is 476 g/mol. The Bertz CT molecular complexity index is 1250. The molecule has 1 fully saturated rings. The number of hydrogen-bond acceptors (Lipinski definition) is 5. The van der Waals surface area contributed by atoms with E-state index >= 15 is 0 Å². The number of carbonyl (C=O) groups excluding carboxylic acids is 2. The van der Waals surface area contributed by atoms with Gasteiger partial charge in [0.2, 0.25) is 0 Å².